The van der Waals surface area contributed by atoms with E-state index in [4.69, 9.17) is 0 Å². The minimum atomic E-state index is 0.0616. The molecule has 3 nitrogen and oxygen atoms in total. The molecule has 1 aromatic carbocycles. The number of thiazole rings is 1. The molecule has 2 aromatic rings. The van der Waals surface area contributed by atoms with Gasteiger partial charge in [0.05, 0.1) is 10.2 Å². The van der Waals surface area contributed by atoms with Crippen molar-refractivity contribution in [1.29, 1.82) is 0 Å². The van der Waals surface area contributed by atoms with E-state index in [1.807, 2.05) is 17.8 Å². The molecule has 0 aliphatic carbocycles. The average Bonchev–Trinajstić information content (AvgIpc) is 2.84. The molecule has 0 bridgehead atoms. The third-order valence-corrected chi connectivity index (χ3v) is 4.97. The highest BCUT2D eigenvalue weighted by molar-refractivity contribution is 7.99. The van der Waals surface area contributed by atoms with E-state index in [0.29, 0.717) is 11.6 Å². The molecule has 0 saturated heterocycles. The van der Waals surface area contributed by atoms with E-state index >= 15 is 0 Å². The molecule has 0 radical (unpaired) electrons. The molecule has 1 aromatic heterocycles. The molecule has 0 aliphatic heterocycles. The Morgan fingerprint density at radius 3 is 2.95 bits per heavy atom. The molecule has 0 saturated carbocycles. The van der Waals surface area contributed by atoms with Gasteiger partial charge in [-0.1, -0.05) is 31.6 Å². The van der Waals surface area contributed by atoms with Gasteiger partial charge in [0.1, 0.15) is 0 Å². The smallest absolute Gasteiger partial charge is 0.226 e. The highest BCUT2D eigenvalue weighted by Gasteiger charge is 2.08. The minimum absolute atomic E-state index is 0.0616. The summed E-state index contributed by atoms with van der Waals surface area (Å²) in [5, 5.41) is 3.60. The van der Waals surface area contributed by atoms with E-state index < -0.39 is 0 Å². The quantitative estimate of drug-likeness (QED) is 0.738. The van der Waals surface area contributed by atoms with Crippen LogP contribution in [-0.4, -0.2) is 16.6 Å². The molecule has 1 amide bonds. The fraction of sp³-hybridized carbons (Fsp3) is 0.467. The van der Waals surface area contributed by atoms with Gasteiger partial charge in [0.25, 0.3) is 0 Å². The normalized spacial score (nSPS) is 10.9. The summed E-state index contributed by atoms with van der Waals surface area (Å²) >= 11 is 3.41. The topological polar surface area (TPSA) is 42.0 Å². The first kappa shape index (κ1) is 15.3. The molecule has 0 unspecified atom stereocenters. The first-order chi connectivity index (χ1) is 9.72. The molecular weight excluding hydrogens is 288 g/mol. The van der Waals surface area contributed by atoms with E-state index in [0.717, 1.165) is 28.8 Å². The number of anilines is 1. The van der Waals surface area contributed by atoms with Crippen LogP contribution in [0.3, 0.4) is 0 Å². The Morgan fingerprint density at radius 2 is 2.20 bits per heavy atom. The number of unbranched alkanes of at least 4 members (excludes halogenated alkanes) is 1. The summed E-state index contributed by atoms with van der Waals surface area (Å²) in [6.45, 7) is 4.27. The van der Waals surface area contributed by atoms with Gasteiger partial charge in [0.15, 0.2) is 5.13 Å². The molecular formula is C15H20N2OS2. The summed E-state index contributed by atoms with van der Waals surface area (Å²) in [4.78, 5) is 17.4. The van der Waals surface area contributed by atoms with Gasteiger partial charge >= 0.3 is 0 Å². The zero-order valence-electron chi connectivity index (χ0n) is 11.9. The van der Waals surface area contributed by atoms with Crippen molar-refractivity contribution in [2.45, 2.75) is 44.4 Å². The van der Waals surface area contributed by atoms with Gasteiger partial charge in [-0.25, -0.2) is 4.98 Å². The lowest BCUT2D eigenvalue weighted by molar-refractivity contribution is -0.116. The first-order valence-corrected chi connectivity index (χ1v) is 8.86. The molecule has 0 spiro atoms. The second kappa shape index (κ2) is 7.64. The lowest BCUT2D eigenvalue weighted by Crippen LogP contribution is -2.10. The standard InChI is InChI=1S/C15H20N2OS2/c1-3-5-6-14(18)17-15-16-12-8-7-11(19-9-4-2)10-13(12)20-15/h7-8,10H,3-6,9H2,1-2H3,(H,16,17,18). The average molecular weight is 308 g/mol. The first-order valence-electron chi connectivity index (χ1n) is 7.06. The Hall–Kier alpha value is -1.07. The number of aromatic nitrogens is 1. The predicted octanol–water partition coefficient (Wildman–Crippen LogP) is 4.93. The van der Waals surface area contributed by atoms with Crippen molar-refractivity contribution in [3.05, 3.63) is 18.2 Å². The number of carbonyl (C=O) groups excluding carboxylic acids is 1. The van der Waals surface area contributed by atoms with Crippen molar-refractivity contribution in [2.75, 3.05) is 11.1 Å². The highest BCUT2D eigenvalue weighted by Crippen LogP contribution is 2.30. The molecule has 108 valence electrons. The Balaban J connectivity index is 2.06. The third kappa shape index (κ3) is 4.21. The summed E-state index contributed by atoms with van der Waals surface area (Å²) in [6.07, 6.45) is 3.70. The molecule has 20 heavy (non-hydrogen) atoms. The van der Waals surface area contributed by atoms with Gasteiger partial charge in [0, 0.05) is 11.3 Å². The van der Waals surface area contributed by atoms with Crippen LogP contribution in [0.2, 0.25) is 0 Å². The van der Waals surface area contributed by atoms with E-state index in [-0.39, 0.29) is 5.91 Å². The summed E-state index contributed by atoms with van der Waals surface area (Å²) in [5.74, 6) is 1.19. The van der Waals surface area contributed by atoms with Crippen molar-refractivity contribution in [2.24, 2.45) is 0 Å². The van der Waals surface area contributed by atoms with E-state index in [2.05, 4.69) is 36.3 Å². The number of rotatable bonds is 7. The number of nitrogens with one attached hydrogen (secondary N) is 1. The Kier molecular flexibility index (Phi) is 5.86. The number of thioether (sulfide) groups is 1. The molecule has 5 heteroatoms. The maximum atomic E-state index is 11.7. The second-order valence-corrected chi connectivity index (χ2v) is 6.85. The lowest BCUT2D eigenvalue weighted by atomic mass is 10.2. The predicted molar refractivity (Wildman–Crippen MR) is 88.8 cm³/mol. The largest absolute Gasteiger partial charge is 0.302 e. The number of carbonyl (C=O) groups is 1. The monoisotopic (exact) mass is 308 g/mol. The molecule has 0 aliphatic rings. The van der Waals surface area contributed by atoms with Crippen molar-refractivity contribution in [3.63, 3.8) is 0 Å². The highest BCUT2D eigenvalue weighted by atomic mass is 32.2. The lowest BCUT2D eigenvalue weighted by Gasteiger charge is -1.98. The molecule has 0 fully saturated rings. The van der Waals surface area contributed by atoms with Crippen molar-refractivity contribution in [1.82, 2.24) is 4.98 Å². The van der Waals surface area contributed by atoms with Crippen LogP contribution in [0.15, 0.2) is 23.1 Å². The zero-order chi connectivity index (χ0) is 14.4. The van der Waals surface area contributed by atoms with Gasteiger partial charge in [-0.15, -0.1) is 11.8 Å². The van der Waals surface area contributed by atoms with E-state index in [9.17, 15) is 4.79 Å². The van der Waals surface area contributed by atoms with Crippen molar-refractivity contribution >= 4 is 44.4 Å². The summed E-state index contributed by atoms with van der Waals surface area (Å²) in [7, 11) is 0. The van der Waals surface area contributed by atoms with Gasteiger partial charge < -0.3 is 5.32 Å². The minimum Gasteiger partial charge on any atom is -0.302 e. The molecule has 1 heterocycles. The van der Waals surface area contributed by atoms with Gasteiger partial charge in [-0.2, -0.15) is 0 Å². The van der Waals surface area contributed by atoms with Crippen LogP contribution >= 0.6 is 23.1 Å². The fourth-order valence-electron chi connectivity index (χ4n) is 1.79. The summed E-state index contributed by atoms with van der Waals surface area (Å²) < 4.78 is 1.14. The number of nitrogens with zero attached hydrogens (tertiary/aromatic N) is 1. The van der Waals surface area contributed by atoms with Crippen LogP contribution in [-0.2, 0) is 4.79 Å². The van der Waals surface area contributed by atoms with Crippen molar-refractivity contribution in [3.8, 4) is 0 Å². The number of fused-ring (bicyclic) bond motifs is 1. The van der Waals surface area contributed by atoms with Crippen LogP contribution in [0.5, 0.6) is 0 Å². The summed E-state index contributed by atoms with van der Waals surface area (Å²) in [5.41, 5.74) is 0.960. The Morgan fingerprint density at radius 1 is 1.35 bits per heavy atom. The van der Waals surface area contributed by atoms with Crippen LogP contribution < -0.4 is 5.32 Å². The van der Waals surface area contributed by atoms with Crippen LogP contribution in [0, 0.1) is 0 Å². The molecule has 2 rings (SSSR count). The number of amides is 1. The van der Waals surface area contributed by atoms with Crippen LogP contribution in [0.25, 0.3) is 10.2 Å². The Labute approximate surface area is 128 Å². The third-order valence-electron chi connectivity index (χ3n) is 2.84. The van der Waals surface area contributed by atoms with Crippen molar-refractivity contribution < 1.29 is 4.79 Å². The second-order valence-electron chi connectivity index (χ2n) is 4.65. The maximum absolute atomic E-state index is 11.7. The van der Waals surface area contributed by atoms with Crippen LogP contribution in [0.1, 0.15) is 39.5 Å². The van der Waals surface area contributed by atoms with E-state index in [1.54, 1.807) is 11.3 Å². The van der Waals surface area contributed by atoms with E-state index in [1.165, 1.54) is 11.3 Å². The fourth-order valence-corrected chi connectivity index (χ4v) is 3.59. The maximum Gasteiger partial charge on any atom is 0.226 e. The Bertz CT molecular complexity index is 580. The number of benzene rings is 1. The van der Waals surface area contributed by atoms with Gasteiger partial charge in [-0.05, 0) is 36.8 Å². The van der Waals surface area contributed by atoms with Gasteiger partial charge in [0.2, 0.25) is 5.91 Å². The zero-order valence-corrected chi connectivity index (χ0v) is 13.6. The molecule has 1 N–H and O–H groups in total. The van der Waals surface area contributed by atoms with Crippen LogP contribution in [0.4, 0.5) is 5.13 Å². The number of hydrogen-bond acceptors (Lipinski definition) is 4. The van der Waals surface area contributed by atoms with Gasteiger partial charge in [-0.3, -0.25) is 4.79 Å². The molecule has 0 atom stereocenters. The summed E-state index contributed by atoms with van der Waals surface area (Å²) in [6, 6.07) is 6.30. The SMILES string of the molecule is CCCCC(=O)Nc1nc2ccc(SCCC)cc2s1. The number of hydrogen-bond donors (Lipinski definition) is 1.